The summed E-state index contributed by atoms with van der Waals surface area (Å²) in [6.07, 6.45) is 0. The third-order valence-corrected chi connectivity index (χ3v) is 3.61. The van der Waals surface area contributed by atoms with Gasteiger partial charge in [-0.2, -0.15) is 0 Å². The zero-order valence-electron chi connectivity index (χ0n) is 16.8. The molecule has 4 heterocycles. The summed E-state index contributed by atoms with van der Waals surface area (Å²) in [7, 11) is 3.06. The second-order valence-corrected chi connectivity index (χ2v) is 5.78. The van der Waals surface area contributed by atoms with E-state index in [1.54, 1.807) is 0 Å². The van der Waals surface area contributed by atoms with Crippen LogP contribution in [0, 0.1) is 0 Å². The Bertz CT molecular complexity index is 1140. The molecular formula is C11H14N18O4. The maximum Gasteiger partial charge on any atom is 0.263 e. The molecule has 22 nitrogen and oxygen atoms in total. The molecule has 0 aliphatic rings. The molecule has 6 N–H and O–H groups in total. The number of nitrogens with zero attached hydrogens (tertiary/aromatic N) is 14. The molecule has 4 rings (SSSR count). The lowest BCUT2D eigenvalue weighted by atomic mass is 10.6. The number of hydrogen-bond acceptors (Lipinski definition) is 20. The van der Waals surface area contributed by atoms with Crippen molar-refractivity contribution < 1.29 is 18.5 Å². The molecule has 22 heteroatoms. The van der Waals surface area contributed by atoms with Crippen LogP contribution in [-0.4, -0.2) is 62.0 Å². The minimum Gasteiger partial charge on any atom is -0.378 e. The fourth-order valence-corrected chi connectivity index (χ4v) is 2.07. The number of nitrogen functional groups attached to an aromatic ring is 2. The monoisotopic (exact) mass is 462 g/mol. The fraction of sp³-hybridized carbons (Fsp3) is 0.273. The van der Waals surface area contributed by atoms with Crippen LogP contribution < -0.4 is 32.1 Å². The van der Waals surface area contributed by atoms with E-state index in [2.05, 4.69) is 91.1 Å². The predicted molar refractivity (Wildman–Crippen MR) is 104 cm³/mol. The van der Waals surface area contributed by atoms with E-state index >= 15 is 0 Å². The van der Waals surface area contributed by atoms with E-state index in [1.807, 2.05) is 0 Å². The maximum absolute atomic E-state index is 5.58. The van der Waals surface area contributed by atoms with Gasteiger partial charge in [-0.05, 0) is 41.3 Å². The van der Waals surface area contributed by atoms with Gasteiger partial charge in [-0.3, -0.25) is 0 Å². The van der Waals surface area contributed by atoms with Gasteiger partial charge in [-0.25, -0.2) is 28.5 Å². The summed E-state index contributed by atoms with van der Waals surface area (Å²) in [4.78, 5) is 0. The number of anilines is 6. The molecule has 4 aromatic rings. The van der Waals surface area contributed by atoms with Gasteiger partial charge in [-0.1, -0.05) is 10.4 Å². The first-order valence-electron chi connectivity index (χ1n) is 8.62. The van der Waals surface area contributed by atoms with E-state index in [-0.39, 0.29) is 53.2 Å². The lowest BCUT2D eigenvalue weighted by Gasteiger charge is -2.06. The summed E-state index contributed by atoms with van der Waals surface area (Å²) in [5.41, 5.74) is 11.2. The van der Waals surface area contributed by atoms with Crippen LogP contribution in [-0.2, 0) is 0 Å². The van der Waals surface area contributed by atoms with Crippen LogP contribution in [0.2, 0.25) is 0 Å². The smallest absolute Gasteiger partial charge is 0.263 e. The Hall–Kier alpha value is -5.44. The Balaban J connectivity index is 1.33. The highest BCUT2D eigenvalue weighted by molar-refractivity contribution is 5.58. The predicted octanol–water partition coefficient (Wildman–Crippen LogP) is 0.135. The van der Waals surface area contributed by atoms with E-state index < -0.39 is 0 Å². The van der Waals surface area contributed by atoms with Crippen LogP contribution in [0.1, 0.15) is 0 Å². The average Bonchev–Trinajstić information content (AvgIpc) is 3.59. The van der Waals surface area contributed by atoms with Crippen molar-refractivity contribution in [2.75, 3.05) is 52.9 Å². The van der Waals surface area contributed by atoms with Gasteiger partial charge in [-0.15, -0.1) is 10.2 Å². The molecule has 0 saturated heterocycles. The zero-order valence-corrected chi connectivity index (χ0v) is 16.8. The van der Waals surface area contributed by atoms with Gasteiger partial charge in [0.1, 0.15) is 0 Å². The molecule has 0 atom stereocenters. The van der Waals surface area contributed by atoms with Gasteiger partial charge < -0.3 is 22.1 Å². The molecule has 0 saturated carbocycles. The summed E-state index contributed by atoms with van der Waals surface area (Å²) in [5.74, 6) is 0.824. The molecule has 0 unspecified atom stereocenters. The van der Waals surface area contributed by atoms with E-state index in [1.165, 1.54) is 24.1 Å². The van der Waals surface area contributed by atoms with Crippen molar-refractivity contribution in [1.29, 1.82) is 0 Å². The highest BCUT2D eigenvalue weighted by atomic mass is 16.6. The van der Waals surface area contributed by atoms with Crippen LogP contribution in [0.15, 0.2) is 39.2 Å². The van der Waals surface area contributed by atoms with Gasteiger partial charge in [0.2, 0.25) is 34.9 Å². The molecule has 0 aliphatic carbocycles. The van der Waals surface area contributed by atoms with Gasteiger partial charge in [0.25, 0.3) is 11.6 Å². The largest absolute Gasteiger partial charge is 0.378 e. The lowest BCUT2D eigenvalue weighted by molar-refractivity contribution is 0.308. The zero-order chi connectivity index (χ0) is 23.2. The Morgan fingerprint density at radius 3 is 1.48 bits per heavy atom. The molecule has 0 fully saturated rings. The number of nitrogens with one attached hydrogen (secondary N) is 2. The van der Waals surface area contributed by atoms with Crippen LogP contribution in [0.25, 0.3) is 0 Å². The van der Waals surface area contributed by atoms with Crippen molar-refractivity contribution >= 4 is 46.5 Å². The van der Waals surface area contributed by atoms with Crippen LogP contribution in [0.5, 0.6) is 0 Å². The van der Waals surface area contributed by atoms with Crippen molar-refractivity contribution in [2.24, 2.45) is 20.7 Å². The Kier molecular flexibility index (Phi) is 5.77. The quantitative estimate of drug-likeness (QED) is 0.138. The summed E-state index contributed by atoms with van der Waals surface area (Å²) in [6.45, 7) is 0.0689. The van der Waals surface area contributed by atoms with Crippen molar-refractivity contribution in [1.82, 2.24) is 41.3 Å². The third-order valence-electron chi connectivity index (χ3n) is 3.61. The standard InChI is InChI=1S/C11H14N18O4/c1-28(10-4(12)18-30-24-10)26-16-8-6(20-32-22-8)14-3-15-7-9(23-33-21-7)17-27-29(2)11-5(13)19-31-25-11/h3H2,1-2H3,(H2,12,18)(H2,13,19)(H,14,20)(H,15,21). The second-order valence-electron chi connectivity index (χ2n) is 5.78. The highest BCUT2D eigenvalue weighted by Crippen LogP contribution is 2.24. The maximum atomic E-state index is 5.58. The van der Waals surface area contributed by atoms with Gasteiger partial charge >= 0.3 is 0 Å². The summed E-state index contributed by atoms with van der Waals surface area (Å²) < 4.78 is 18.3. The Morgan fingerprint density at radius 1 is 0.667 bits per heavy atom. The first kappa shape index (κ1) is 20.8. The number of hydrogen-bond donors (Lipinski definition) is 4. The molecule has 0 spiro atoms. The lowest BCUT2D eigenvalue weighted by Crippen LogP contribution is -2.13. The SMILES string of the molecule is CN(N=Nc1nonc1NCNc1nonc1N=NN(C)c1nonc1N)c1nonc1N. The molecule has 4 aromatic heterocycles. The minimum absolute atomic E-state index is 0.0392. The molecule has 0 radical (unpaired) electrons. The van der Waals surface area contributed by atoms with E-state index in [9.17, 15) is 0 Å². The summed E-state index contributed by atoms with van der Waals surface area (Å²) in [6, 6.07) is 0. The molecule has 0 amide bonds. The molecule has 0 aliphatic heterocycles. The molecule has 0 bridgehead atoms. The van der Waals surface area contributed by atoms with Crippen LogP contribution in [0.4, 0.5) is 46.5 Å². The Morgan fingerprint density at radius 2 is 1.09 bits per heavy atom. The van der Waals surface area contributed by atoms with Crippen molar-refractivity contribution in [3.63, 3.8) is 0 Å². The number of rotatable bonds is 10. The molecule has 33 heavy (non-hydrogen) atoms. The topological polar surface area (TPSA) is 288 Å². The molecule has 172 valence electrons. The molecule has 0 aromatic carbocycles. The number of nitrogens with two attached hydrogens (primary N) is 2. The average molecular weight is 462 g/mol. The van der Waals surface area contributed by atoms with Gasteiger partial charge in [0.15, 0.2) is 0 Å². The van der Waals surface area contributed by atoms with E-state index in [4.69, 9.17) is 11.5 Å². The normalized spacial score (nSPS) is 11.5. The first-order chi connectivity index (χ1) is 16.0. The summed E-state index contributed by atoms with van der Waals surface area (Å²) in [5, 5.41) is 52.4. The van der Waals surface area contributed by atoms with Crippen LogP contribution in [0.3, 0.4) is 0 Å². The van der Waals surface area contributed by atoms with Gasteiger partial charge in [0.05, 0.1) is 6.67 Å². The first-order valence-corrected chi connectivity index (χ1v) is 8.62. The number of aromatic nitrogens is 8. The van der Waals surface area contributed by atoms with Crippen molar-refractivity contribution in [3.05, 3.63) is 0 Å². The van der Waals surface area contributed by atoms with Crippen molar-refractivity contribution in [2.45, 2.75) is 0 Å². The van der Waals surface area contributed by atoms with E-state index in [0.29, 0.717) is 0 Å². The van der Waals surface area contributed by atoms with Crippen molar-refractivity contribution in [3.8, 4) is 0 Å². The second kappa shape index (κ2) is 9.14. The fourth-order valence-electron chi connectivity index (χ4n) is 2.07. The molecular weight excluding hydrogens is 448 g/mol. The minimum atomic E-state index is 0.0392. The van der Waals surface area contributed by atoms with Crippen LogP contribution >= 0.6 is 0 Å². The van der Waals surface area contributed by atoms with Gasteiger partial charge in [0, 0.05) is 14.1 Å². The third kappa shape index (κ3) is 4.67. The summed E-state index contributed by atoms with van der Waals surface area (Å²) >= 11 is 0. The Labute approximate surface area is 180 Å². The highest BCUT2D eigenvalue weighted by Gasteiger charge is 2.15. The van der Waals surface area contributed by atoms with E-state index in [0.717, 1.165) is 0 Å².